The molecule has 31 heavy (non-hydrogen) atoms. The maximum Gasteiger partial charge on any atom is 0.573 e. The number of allylic oxidation sites excluding steroid dienone is 2. The quantitative estimate of drug-likeness (QED) is 0.587. The molecule has 164 valence electrons. The number of hydroxylamine groups is 2. The first-order valence-corrected chi connectivity index (χ1v) is 10.9. The average molecular weight is 537 g/mol. The molecule has 2 aromatic rings. The molecule has 0 aliphatic carbocycles. The molecule has 0 radical (unpaired) electrons. The summed E-state index contributed by atoms with van der Waals surface area (Å²) in [5, 5.41) is 11.9. The highest BCUT2D eigenvalue weighted by Crippen LogP contribution is 2.39. The second kappa shape index (κ2) is 8.55. The molecule has 0 spiro atoms. The zero-order valence-corrected chi connectivity index (χ0v) is 18.7. The van der Waals surface area contributed by atoms with Gasteiger partial charge in [0.2, 0.25) is 5.78 Å². The smallest absolute Gasteiger partial charge is 0.406 e. The van der Waals surface area contributed by atoms with Crippen LogP contribution < -0.4 is 4.74 Å². The molecule has 3 heterocycles. The number of ketones is 1. The first-order valence-electron chi connectivity index (χ1n) is 8.94. The van der Waals surface area contributed by atoms with Crippen LogP contribution in [0.15, 0.2) is 52.8 Å². The fourth-order valence-electron chi connectivity index (χ4n) is 3.61. The second-order valence-corrected chi connectivity index (χ2v) is 9.42. The van der Waals surface area contributed by atoms with Crippen LogP contribution in [0.3, 0.4) is 0 Å². The molecule has 6 nitrogen and oxygen atoms in total. The third-order valence-corrected chi connectivity index (χ3v) is 6.38. The third kappa shape index (κ3) is 4.80. The highest BCUT2D eigenvalue weighted by molar-refractivity contribution is 9.10. The van der Waals surface area contributed by atoms with Crippen LogP contribution in [0.25, 0.3) is 0 Å². The van der Waals surface area contributed by atoms with E-state index < -0.39 is 30.1 Å². The Bertz CT molecular complexity index is 1080. The Labute approximate surface area is 192 Å². The summed E-state index contributed by atoms with van der Waals surface area (Å²) in [6, 6.07) is 2.48. The van der Waals surface area contributed by atoms with E-state index in [0.29, 0.717) is 23.1 Å². The molecule has 2 unspecified atom stereocenters. The lowest BCUT2D eigenvalue weighted by Gasteiger charge is -2.46. The monoisotopic (exact) mass is 535 g/mol. The van der Waals surface area contributed by atoms with Crippen molar-refractivity contribution in [3.8, 4) is 5.75 Å². The molecule has 0 bridgehead atoms. The van der Waals surface area contributed by atoms with Crippen molar-refractivity contribution in [2.75, 3.05) is 6.54 Å². The van der Waals surface area contributed by atoms with Gasteiger partial charge in [-0.25, -0.2) is 4.98 Å². The third-order valence-electron chi connectivity index (χ3n) is 4.78. The average Bonchev–Trinajstić information content (AvgIpc) is 3.08. The molecule has 12 heteroatoms. The minimum absolute atomic E-state index is 0.156. The van der Waals surface area contributed by atoms with E-state index in [4.69, 9.17) is 11.6 Å². The topological polar surface area (TPSA) is 65.9 Å². The van der Waals surface area contributed by atoms with Gasteiger partial charge in [0.15, 0.2) is 4.47 Å². The normalized spacial score (nSPS) is 21.8. The van der Waals surface area contributed by atoms with E-state index in [1.165, 1.54) is 17.4 Å². The number of fused-ring (bicyclic) bond motifs is 1. The number of thiazole rings is 1. The van der Waals surface area contributed by atoms with Gasteiger partial charge >= 0.3 is 6.36 Å². The van der Waals surface area contributed by atoms with Gasteiger partial charge in [-0.2, -0.15) is 5.06 Å². The van der Waals surface area contributed by atoms with Gasteiger partial charge in [-0.15, -0.1) is 24.5 Å². The molecular formula is C19H14BrClF3N3O3S. The van der Waals surface area contributed by atoms with Crippen molar-refractivity contribution >= 4 is 44.7 Å². The summed E-state index contributed by atoms with van der Waals surface area (Å²) in [4.78, 5) is 19.7. The van der Waals surface area contributed by atoms with E-state index >= 15 is 0 Å². The largest absolute Gasteiger partial charge is 0.573 e. The van der Waals surface area contributed by atoms with Crippen molar-refractivity contribution in [1.29, 1.82) is 0 Å². The maximum atomic E-state index is 13.2. The fraction of sp³-hybridized carbons (Fsp3) is 0.263. The highest BCUT2D eigenvalue weighted by Gasteiger charge is 2.45. The van der Waals surface area contributed by atoms with Crippen molar-refractivity contribution in [3.63, 3.8) is 0 Å². The van der Waals surface area contributed by atoms with E-state index in [-0.39, 0.29) is 10.0 Å². The molecule has 4 rings (SSSR count). The number of hydrogen-bond donors (Lipinski definition) is 1. The van der Waals surface area contributed by atoms with Crippen LogP contribution in [0, 0.1) is 0 Å². The predicted molar refractivity (Wildman–Crippen MR) is 111 cm³/mol. The van der Waals surface area contributed by atoms with E-state index in [1.54, 1.807) is 23.2 Å². The summed E-state index contributed by atoms with van der Waals surface area (Å²) in [6.07, 6.45) is 1.53. The number of aromatic nitrogens is 1. The van der Waals surface area contributed by atoms with E-state index in [2.05, 4.69) is 25.7 Å². The molecule has 1 saturated heterocycles. The zero-order valence-electron chi connectivity index (χ0n) is 15.5. The molecule has 1 aromatic heterocycles. The van der Waals surface area contributed by atoms with Gasteiger partial charge in [0, 0.05) is 28.5 Å². The number of Topliss-reactive ketones (excluding diaryl/α,β-unsaturated/α-hetero) is 1. The van der Waals surface area contributed by atoms with E-state index in [1.807, 2.05) is 6.08 Å². The Balaban J connectivity index is 1.73. The molecule has 0 amide bonds. The lowest BCUT2D eigenvalue weighted by atomic mass is 9.93. The first-order chi connectivity index (χ1) is 14.6. The maximum absolute atomic E-state index is 13.2. The van der Waals surface area contributed by atoms with Crippen LogP contribution in [0.4, 0.5) is 13.2 Å². The van der Waals surface area contributed by atoms with Crippen LogP contribution in [-0.2, 0) is 11.2 Å². The second-order valence-electron chi connectivity index (χ2n) is 6.81. The van der Waals surface area contributed by atoms with Gasteiger partial charge in [-0.1, -0.05) is 39.7 Å². The summed E-state index contributed by atoms with van der Waals surface area (Å²) in [5.41, 5.74) is 0.514. The van der Waals surface area contributed by atoms with Crippen LogP contribution in [0.5, 0.6) is 5.75 Å². The van der Waals surface area contributed by atoms with Crippen molar-refractivity contribution in [2.45, 2.75) is 25.0 Å². The zero-order chi connectivity index (χ0) is 22.3. The lowest BCUT2D eigenvalue weighted by Crippen LogP contribution is -2.57. The van der Waals surface area contributed by atoms with Gasteiger partial charge in [-0.3, -0.25) is 4.79 Å². The number of carbonyl (C=O) groups excluding carboxylic acids is 1. The van der Waals surface area contributed by atoms with Crippen molar-refractivity contribution in [3.05, 3.63) is 67.7 Å². The van der Waals surface area contributed by atoms with Crippen molar-refractivity contribution < 1.29 is 27.9 Å². The molecule has 2 aliphatic rings. The van der Waals surface area contributed by atoms with E-state index in [9.17, 15) is 23.2 Å². The summed E-state index contributed by atoms with van der Waals surface area (Å²) in [6.45, 7) is 0.388. The van der Waals surface area contributed by atoms with E-state index in [0.717, 1.165) is 22.1 Å². The summed E-state index contributed by atoms with van der Waals surface area (Å²) < 4.78 is 42.8. The Morgan fingerprint density at radius 1 is 1.35 bits per heavy atom. The SMILES string of the molecule is O=C1C2=CC=CCN2C(Cc2cnc(Cl)s2)N(O)C1c1cc(Br)cc(OC(F)(F)F)c1. The van der Waals surface area contributed by atoms with Gasteiger partial charge in [0.1, 0.15) is 18.0 Å². The Morgan fingerprint density at radius 3 is 2.81 bits per heavy atom. The van der Waals surface area contributed by atoms with Crippen LogP contribution in [0.1, 0.15) is 16.5 Å². The highest BCUT2D eigenvalue weighted by atomic mass is 79.9. The number of ether oxygens (including phenoxy) is 1. The van der Waals surface area contributed by atoms with Crippen LogP contribution >= 0.6 is 38.9 Å². The molecule has 0 saturated carbocycles. The van der Waals surface area contributed by atoms with Gasteiger partial charge < -0.3 is 14.8 Å². The number of hydrogen-bond acceptors (Lipinski definition) is 7. The van der Waals surface area contributed by atoms with Crippen LogP contribution in [-0.4, -0.2) is 45.0 Å². The molecular weight excluding hydrogens is 523 g/mol. The Kier molecular flexibility index (Phi) is 6.14. The Hall–Kier alpha value is -1.92. The van der Waals surface area contributed by atoms with Gasteiger partial charge in [-0.05, 0) is 29.8 Å². The number of nitrogens with zero attached hydrogens (tertiary/aromatic N) is 3. The minimum Gasteiger partial charge on any atom is -0.406 e. The van der Waals surface area contributed by atoms with Gasteiger partial charge in [0.05, 0.1) is 5.70 Å². The van der Waals surface area contributed by atoms with Crippen molar-refractivity contribution in [1.82, 2.24) is 14.9 Å². The first kappa shape index (κ1) is 22.3. The predicted octanol–water partition coefficient (Wildman–Crippen LogP) is 5.10. The Morgan fingerprint density at radius 2 is 2.13 bits per heavy atom. The molecule has 2 aliphatic heterocycles. The van der Waals surface area contributed by atoms with Crippen molar-refractivity contribution in [2.24, 2.45) is 0 Å². The van der Waals surface area contributed by atoms with Gasteiger partial charge in [0.25, 0.3) is 0 Å². The minimum atomic E-state index is -4.89. The number of alkyl halides is 3. The van der Waals surface area contributed by atoms with Crippen LogP contribution in [0.2, 0.25) is 4.47 Å². The standard InChI is InChI=1S/C19H14BrClF3N3O3S/c20-11-5-10(6-12(7-11)30-19(22,23)24)16-17(28)14-3-1-2-4-26(14)15(27(16)29)8-13-9-25-18(21)31-13/h1-3,5-7,9,15-16,29H,4,8H2. The summed E-state index contributed by atoms with van der Waals surface area (Å²) in [7, 11) is 0. The lowest BCUT2D eigenvalue weighted by molar-refractivity contribution is -0.274. The molecule has 1 N–H and O–H groups in total. The molecule has 1 fully saturated rings. The summed E-state index contributed by atoms with van der Waals surface area (Å²) in [5.74, 6) is -0.940. The molecule has 1 aromatic carbocycles. The molecule has 2 atom stereocenters. The fourth-order valence-corrected chi connectivity index (χ4v) is 5.10. The number of benzene rings is 1. The summed E-state index contributed by atoms with van der Waals surface area (Å²) >= 11 is 10.3. The number of carbonyl (C=O) groups is 1. The number of halogens is 5. The number of rotatable bonds is 4.